The lowest BCUT2D eigenvalue weighted by Crippen LogP contribution is -2.34. The molecule has 2 fully saturated rings. The van der Waals surface area contributed by atoms with Gasteiger partial charge in [0, 0.05) is 60.1 Å². The van der Waals surface area contributed by atoms with E-state index in [9.17, 15) is 41.9 Å². The number of halogens is 3. The Kier molecular flexibility index (Phi) is 14.5. The predicted molar refractivity (Wildman–Crippen MR) is 250 cm³/mol. The molecule has 8 rings (SSSR count). The number of benzene rings is 2. The van der Waals surface area contributed by atoms with Crippen LogP contribution in [0.15, 0.2) is 91.2 Å². The molecule has 4 heterocycles. The first-order valence-corrected chi connectivity index (χ1v) is 23.3. The molecule has 4 aromatic heterocycles. The Labute approximate surface area is 398 Å². The van der Waals surface area contributed by atoms with Gasteiger partial charge in [-0.05, 0) is 113 Å². The van der Waals surface area contributed by atoms with Crippen molar-refractivity contribution >= 4 is 57.2 Å². The lowest BCUT2D eigenvalue weighted by atomic mass is 9.92. The lowest BCUT2D eigenvalue weighted by Gasteiger charge is -2.30. The molecule has 0 bridgehead atoms. The van der Waals surface area contributed by atoms with Crippen LogP contribution in [0.1, 0.15) is 111 Å². The molecule has 0 amide bonds. The van der Waals surface area contributed by atoms with Crippen molar-refractivity contribution in [3.05, 3.63) is 116 Å². The third kappa shape index (κ3) is 11.7. The molecule has 6 aromatic rings. The zero-order valence-corrected chi connectivity index (χ0v) is 38.9. The van der Waals surface area contributed by atoms with E-state index >= 15 is 0 Å². The largest absolute Gasteiger partial charge is 0.458 e. The number of aromatic nitrogens is 2. The molecule has 3 N–H and O–H groups in total. The third-order valence-electron chi connectivity index (χ3n) is 12.6. The first-order chi connectivity index (χ1) is 33.4. The maximum absolute atomic E-state index is 13.6. The number of ether oxygens (including phenoxy) is 4. The summed E-state index contributed by atoms with van der Waals surface area (Å²) in [7, 11) is 0. The topological polar surface area (TPSA) is 210 Å². The molecule has 2 aliphatic carbocycles. The minimum Gasteiger partial charge on any atom is -0.458 e. The monoisotopic (exact) mass is 970 g/mol. The number of aryl methyl sites for hydroxylation is 1. The number of fused-ring (bicyclic) bond motifs is 2. The van der Waals surface area contributed by atoms with Crippen molar-refractivity contribution in [3.8, 4) is 11.5 Å². The van der Waals surface area contributed by atoms with Gasteiger partial charge < -0.3 is 48.0 Å². The van der Waals surface area contributed by atoms with Crippen molar-refractivity contribution in [3.63, 3.8) is 0 Å². The Morgan fingerprint density at radius 2 is 1.26 bits per heavy atom. The fraction of sp³-hybridized carbons (Fsp3) is 0.412. The molecular weight excluding hydrogens is 918 g/mol. The minimum atomic E-state index is -4.63. The molecule has 70 heavy (non-hydrogen) atoms. The van der Waals surface area contributed by atoms with Crippen LogP contribution in [0.4, 0.5) is 24.5 Å². The Hall–Kier alpha value is -7.31. The number of nitrogens with zero attached hydrogens (tertiary/aromatic N) is 1. The van der Waals surface area contributed by atoms with E-state index in [2.05, 4.69) is 15.6 Å². The average Bonchev–Trinajstić information content (AvgIpc) is 3.97. The number of alkyl halides is 3. The van der Waals surface area contributed by atoms with E-state index in [1.807, 2.05) is 6.92 Å². The van der Waals surface area contributed by atoms with Crippen molar-refractivity contribution in [2.75, 3.05) is 10.6 Å². The summed E-state index contributed by atoms with van der Waals surface area (Å²) in [5.74, 6) is -2.80. The molecule has 2 aliphatic rings. The van der Waals surface area contributed by atoms with Crippen LogP contribution < -0.4 is 31.4 Å². The zero-order valence-electron chi connectivity index (χ0n) is 38.9. The van der Waals surface area contributed by atoms with E-state index in [4.69, 9.17) is 27.8 Å². The second kappa shape index (κ2) is 20.7. The lowest BCUT2D eigenvalue weighted by molar-refractivity contribution is -0.141. The molecule has 0 saturated heterocycles. The van der Waals surface area contributed by atoms with Crippen LogP contribution in [0.5, 0.6) is 11.5 Å². The van der Waals surface area contributed by atoms with Crippen LogP contribution in [0.2, 0.25) is 0 Å². The van der Waals surface area contributed by atoms with Gasteiger partial charge in [0.2, 0.25) is 0 Å². The SMILES string of the molecule is Cc1ccc(C(=O)OC2CCCC(Nc3cc4ccc(OC(=O)C(C)C)cc4oc3=O)C2)n1CCC(C)C(=O)Oc1ccc2cc(NC3CCCC(OC(=O)c4ccc(C(F)(F)F)[nH]4)C3)c(=O)oc2c1. The number of aromatic amines is 1. The number of nitrogens with one attached hydrogen (secondary N) is 3. The summed E-state index contributed by atoms with van der Waals surface area (Å²) in [4.78, 5) is 79.6. The smallest absolute Gasteiger partial charge is 0.431 e. The van der Waals surface area contributed by atoms with E-state index in [0.717, 1.165) is 30.7 Å². The Balaban J connectivity index is 0.817. The molecular formula is C51H53F3N4O12. The Morgan fingerprint density at radius 3 is 1.79 bits per heavy atom. The van der Waals surface area contributed by atoms with Crippen LogP contribution in [0.25, 0.3) is 21.9 Å². The fourth-order valence-corrected chi connectivity index (χ4v) is 8.76. The van der Waals surface area contributed by atoms with Crippen molar-refractivity contribution in [2.45, 2.75) is 122 Å². The zero-order chi connectivity index (χ0) is 49.9. The van der Waals surface area contributed by atoms with E-state index in [1.165, 1.54) is 12.1 Å². The summed E-state index contributed by atoms with van der Waals surface area (Å²) in [5.41, 5.74) is -0.565. The summed E-state index contributed by atoms with van der Waals surface area (Å²) >= 11 is 0. The second-order valence-corrected chi connectivity index (χ2v) is 18.3. The molecule has 0 aliphatic heterocycles. The number of anilines is 2. The van der Waals surface area contributed by atoms with Gasteiger partial charge in [0.15, 0.2) is 0 Å². The molecule has 2 saturated carbocycles. The Morgan fingerprint density at radius 1 is 0.714 bits per heavy atom. The van der Waals surface area contributed by atoms with Gasteiger partial charge in [-0.25, -0.2) is 19.2 Å². The second-order valence-electron chi connectivity index (χ2n) is 18.3. The standard InChI is InChI=1S/C51H53F3N4O12/c1-27(2)45(59)65-36-14-12-30-21-40(48(62)69-42(30)25-36)56-33-8-6-10-35(24-33)68-50(64)41-17-11-29(4)58(41)20-19-28(3)46(60)66-37-15-13-31-22-39(49(63)70-43(31)26-37)55-32-7-5-9-34(23-32)67-47(61)38-16-18-44(57-38)51(52,53)54/h11-18,21-22,25-28,32-35,55-57H,5-10,19-20,23-24H2,1-4H3. The predicted octanol–water partition coefficient (Wildman–Crippen LogP) is 9.71. The molecule has 19 heteroatoms. The van der Waals surface area contributed by atoms with Gasteiger partial charge in [0.05, 0.1) is 11.8 Å². The summed E-state index contributed by atoms with van der Waals surface area (Å²) in [6.45, 7) is 7.33. The number of carbonyl (C=O) groups is 4. The molecule has 0 spiro atoms. The number of esters is 4. The van der Waals surface area contributed by atoms with Crippen molar-refractivity contribution < 1.29 is 60.1 Å². The molecule has 16 nitrogen and oxygen atoms in total. The average molecular weight is 971 g/mol. The fourth-order valence-electron chi connectivity index (χ4n) is 8.76. The van der Waals surface area contributed by atoms with Crippen LogP contribution in [-0.2, 0) is 31.8 Å². The van der Waals surface area contributed by atoms with E-state index in [1.54, 1.807) is 73.9 Å². The third-order valence-corrected chi connectivity index (χ3v) is 12.6. The maximum Gasteiger partial charge on any atom is 0.431 e. The summed E-state index contributed by atoms with van der Waals surface area (Å²) in [5, 5.41) is 7.62. The molecule has 2 aromatic carbocycles. The number of hydrogen-bond donors (Lipinski definition) is 3. The van der Waals surface area contributed by atoms with Crippen LogP contribution in [0, 0.1) is 18.8 Å². The minimum absolute atomic E-state index is 0.165. The van der Waals surface area contributed by atoms with Gasteiger partial charge in [-0.15, -0.1) is 0 Å². The van der Waals surface area contributed by atoms with Gasteiger partial charge in [0.25, 0.3) is 0 Å². The van der Waals surface area contributed by atoms with Gasteiger partial charge >= 0.3 is 41.3 Å². The van der Waals surface area contributed by atoms with Gasteiger partial charge in [-0.3, -0.25) is 9.59 Å². The van der Waals surface area contributed by atoms with E-state index in [-0.39, 0.29) is 57.7 Å². The molecule has 5 unspecified atom stereocenters. The van der Waals surface area contributed by atoms with Crippen LogP contribution in [-0.4, -0.2) is 57.7 Å². The normalized spacial score (nSPS) is 18.9. The van der Waals surface area contributed by atoms with E-state index < -0.39 is 65.1 Å². The Bertz CT molecular complexity index is 3040. The maximum atomic E-state index is 13.6. The van der Waals surface area contributed by atoms with Gasteiger partial charge in [-0.2, -0.15) is 13.2 Å². The quantitative estimate of drug-likeness (QED) is 0.0497. The summed E-state index contributed by atoms with van der Waals surface area (Å²) in [6.07, 6.45) is -0.571. The highest BCUT2D eigenvalue weighted by molar-refractivity contribution is 5.89. The van der Waals surface area contributed by atoms with Crippen LogP contribution >= 0.6 is 0 Å². The highest BCUT2D eigenvalue weighted by atomic mass is 19.4. The number of rotatable bonds is 15. The first-order valence-electron chi connectivity index (χ1n) is 23.3. The first kappa shape index (κ1) is 49.1. The summed E-state index contributed by atoms with van der Waals surface area (Å²) < 4.78 is 74.5. The molecule has 0 radical (unpaired) electrons. The van der Waals surface area contributed by atoms with Gasteiger partial charge in [-0.1, -0.05) is 20.8 Å². The van der Waals surface area contributed by atoms with Crippen molar-refractivity contribution in [2.24, 2.45) is 11.8 Å². The van der Waals surface area contributed by atoms with Crippen molar-refractivity contribution in [1.29, 1.82) is 0 Å². The number of carbonyl (C=O) groups excluding carboxylic acids is 4. The highest BCUT2D eigenvalue weighted by Crippen LogP contribution is 2.31. The van der Waals surface area contributed by atoms with E-state index in [0.29, 0.717) is 68.0 Å². The van der Waals surface area contributed by atoms with Gasteiger partial charge in [0.1, 0.15) is 63.3 Å². The molecule has 370 valence electrons. The molecule has 5 atom stereocenters. The summed E-state index contributed by atoms with van der Waals surface area (Å²) in [6, 6.07) is 17.7. The van der Waals surface area contributed by atoms with Crippen molar-refractivity contribution in [1.82, 2.24) is 9.55 Å². The van der Waals surface area contributed by atoms with Crippen LogP contribution in [0.3, 0.4) is 0 Å². The highest BCUT2D eigenvalue weighted by Gasteiger charge is 2.34. The number of hydrogen-bond acceptors (Lipinski definition) is 14. The number of H-pyrrole nitrogens is 1.